The molecule has 182 valence electrons. The van der Waals surface area contributed by atoms with Gasteiger partial charge in [0.25, 0.3) is 0 Å². The number of hydrogen-bond acceptors (Lipinski definition) is 7. The van der Waals surface area contributed by atoms with E-state index in [1.807, 2.05) is 13.8 Å². The Labute approximate surface area is 190 Å². The Bertz CT molecular complexity index is 724. The van der Waals surface area contributed by atoms with Crippen molar-refractivity contribution >= 4 is 23.9 Å². The zero-order valence-corrected chi connectivity index (χ0v) is 20.2. The lowest BCUT2D eigenvalue weighted by Gasteiger charge is -2.36. The van der Waals surface area contributed by atoms with Gasteiger partial charge >= 0.3 is 12.1 Å². The molecule has 10 heteroatoms. The number of ether oxygens (including phenoxy) is 3. The summed E-state index contributed by atoms with van der Waals surface area (Å²) in [6.07, 6.45) is 1.91. The second kappa shape index (κ2) is 12.4. The molecule has 0 saturated heterocycles. The van der Waals surface area contributed by atoms with Gasteiger partial charge in [0, 0.05) is 18.9 Å². The van der Waals surface area contributed by atoms with E-state index in [0.29, 0.717) is 5.57 Å². The minimum Gasteiger partial charge on any atom is -0.463 e. The number of guanidine groups is 1. The summed E-state index contributed by atoms with van der Waals surface area (Å²) in [7, 11) is 0. The number of aliphatic imine (C=N–C) groups is 1. The van der Waals surface area contributed by atoms with Crippen molar-refractivity contribution < 1.29 is 28.6 Å². The molecule has 0 fully saturated rings. The zero-order valence-electron chi connectivity index (χ0n) is 20.2. The third kappa shape index (κ3) is 9.25. The molecule has 1 rings (SSSR count). The highest BCUT2D eigenvalue weighted by Gasteiger charge is 2.38. The Hall–Kier alpha value is -2.62. The molecular formula is C22H38N4O6. The van der Waals surface area contributed by atoms with Crippen molar-refractivity contribution in [1.29, 1.82) is 0 Å². The third-order valence-corrected chi connectivity index (χ3v) is 4.66. The van der Waals surface area contributed by atoms with Crippen LogP contribution in [0.1, 0.15) is 67.7 Å². The van der Waals surface area contributed by atoms with E-state index in [-0.39, 0.29) is 31.0 Å². The first-order chi connectivity index (χ1) is 14.9. The molecule has 3 atom stereocenters. The number of nitrogens with zero attached hydrogens (tertiary/aromatic N) is 1. The molecule has 1 aliphatic rings. The number of amides is 2. The SMILES string of the molecule is CCOC(=O)C1=C[C@@H](OC(CC)CC)[C@H](NC(C)=O)[C@@H](N=C(N)NC(=O)OC(C)(C)C)C1. The first kappa shape index (κ1) is 27.4. The Balaban J connectivity index is 3.26. The van der Waals surface area contributed by atoms with E-state index in [9.17, 15) is 14.4 Å². The molecule has 0 heterocycles. The van der Waals surface area contributed by atoms with E-state index < -0.39 is 35.9 Å². The molecule has 0 aromatic rings. The quantitative estimate of drug-likeness (QED) is 0.290. The van der Waals surface area contributed by atoms with Crippen LogP contribution >= 0.6 is 0 Å². The number of alkyl carbamates (subject to hydrolysis) is 1. The molecule has 4 N–H and O–H groups in total. The van der Waals surface area contributed by atoms with Gasteiger partial charge in [0.05, 0.1) is 30.9 Å². The maximum absolute atomic E-state index is 12.5. The predicted octanol–water partition coefficient (Wildman–Crippen LogP) is 2.17. The van der Waals surface area contributed by atoms with Crippen LogP contribution in [0.3, 0.4) is 0 Å². The lowest BCUT2D eigenvalue weighted by Crippen LogP contribution is -2.54. The molecule has 0 spiro atoms. The van der Waals surface area contributed by atoms with E-state index in [1.165, 1.54) is 6.92 Å². The van der Waals surface area contributed by atoms with Gasteiger partial charge < -0.3 is 25.3 Å². The van der Waals surface area contributed by atoms with Crippen LogP contribution in [0.2, 0.25) is 0 Å². The number of hydrogen-bond donors (Lipinski definition) is 3. The molecule has 0 aliphatic heterocycles. The van der Waals surface area contributed by atoms with Crippen molar-refractivity contribution in [3.05, 3.63) is 11.6 Å². The number of nitrogens with one attached hydrogen (secondary N) is 2. The summed E-state index contributed by atoms with van der Waals surface area (Å²) in [4.78, 5) is 40.8. The van der Waals surface area contributed by atoms with Crippen LogP contribution in [0.4, 0.5) is 4.79 Å². The van der Waals surface area contributed by atoms with Crippen LogP contribution in [0.25, 0.3) is 0 Å². The van der Waals surface area contributed by atoms with Crippen LogP contribution < -0.4 is 16.4 Å². The van der Waals surface area contributed by atoms with Crippen LogP contribution in [0.5, 0.6) is 0 Å². The molecule has 32 heavy (non-hydrogen) atoms. The molecule has 1 aliphatic carbocycles. The molecule has 0 radical (unpaired) electrons. The summed E-state index contributed by atoms with van der Waals surface area (Å²) in [6.45, 7) is 12.5. The Morgan fingerprint density at radius 1 is 1.22 bits per heavy atom. The molecular weight excluding hydrogens is 416 g/mol. The highest BCUT2D eigenvalue weighted by molar-refractivity contribution is 5.93. The minimum absolute atomic E-state index is 0.0732. The van der Waals surface area contributed by atoms with Gasteiger partial charge in [-0.2, -0.15) is 0 Å². The third-order valence-electron chi connectivity index (χ3n) is 4.66. The predicted molar refractivity (Wildman–Crippen MR) is 121 cm³/mol. The second-order valence-electron chi connectivity index (χ2n) is 8.59. The fraction of sp³-hybridized carbons (Fsp3) is 0.727. The number of carbonyl (C=O) groups is 3. The highest BCUT2D eigenvalue weighted by atomic mass is 16.6. The smallest absolute Gasteiger partial charge is 0.414 e. The van der Waals surface area contributed by atoms with Gasteiger partial charge in [-0.3, -0.25) is 10.1 Å². The molecule has 0 unspecified atom stereocenters. The maximum atomic E-state index is 12.5. The largest absolute Gasteiger partial charge is 0.463 e. The number of rotatable bonds is 8. The number of nitrogens with two attached hydrogens (primary N) is 1. The van der Waals surface area contributed by atoms with Crippen LogP contribution in [0.15, 0.2) is 16.6 Å². The van der Waals surface area contributed by atoms with E-state index in [2.05, 4.69) is 15.6 Å². The normalized spacial score (nSPS) is 21.6. The lowest BCUT2D eigenvalue weighted by molar-refractivity contribution is -0.139. The van der Waals surface area contributed by atoms with E-state index >= 15 is 0 Å². The van der Waals surface area contributed by atoms with Crippen molar-refractivity contribution in [3.8, 4) is 0 Å². The summed E-state index contributed by atoms with van der Waals surface area (Å²) in [5, 5.41) is 5.24. The zero-order chi connectivity index (χ0) is 24.5. The van der Waals surface area contributed by atoms with E-state index in [1.54, 1.807) is 33.8 Å². The first-order valence-electron chi connectivity index (χ1n) is 11.0. The van der Waals surface area contributed by atoms with Gasteiger partial charge in [0.2, 0.25) is 5.91 Å². The standard InChI is InChI=1S/C22H38N4O6/c1-8-15(9-2)31-17-12-14(19(28)30-10-3)11-16(18(17)24-13(4)27)25-20(23)26-21(29)32-22(5,6)7/h12,15-18H,8-11H2,1-7H3,(H,24,27)(H3,23,25,26,29)/t16-,17+,18+/m0/s1. The summed E-state index contributed by atoms with van der Waals surface area (Å²) in [5.41, 5.74) is 5.62. The van der Waals surface area contributed by atoms with Gasteiger partial charge in [-0.15, -0.1) is 0 Å². The number of esters is 1. The van der Waals surface area contributed by atoms with Gasteiger partial charge in [-0.25, -0.2) is 14.6 Å². The highest BCUT2D eigenvalue weighted by Crippen LogP contribution is 2.27. The van der Waals surface area contributed by atoms with Gasteiger partial charge in [-0.1, -0.05) is 13.8 Å². The average Bonchev–Trinajstić information content (AvgIpc) is 2.66. The van der Waals surface area contributed by atoms with Gasteiger partial charge in [0.15, 0.2) is 5.96 Å². The first-order valence-corrected chi connectivity index (χ1v) is 11.0. The van der Waals surface area contributed by atoms with Crippen molar-refractivity contribution in [1.82, 2.24) is 10.6 Å². The monoisotopic (exact) mass is 454 g/mol. The fourth-order valence-electron chi connectivity index (χ4n) is 3.30. The molecule has 10 nitrogen and oxygen atoms in total. The molecule has 0 aromatic heterocycles. The van der Waals surface area contributed by atoms with Crippen molar-refractivity contribution in [2.45, 2.75) is 97.6 Å². The minimum atomic E-state index is -0.753. The summed E-state index contributed by atoms with van der Waals surface area (Å²) >= 11 is 0. The van der Waals surface area contributed by atoms with Crippen LogP contribution in [-0.4, -0.2) is 60.4 Å². The summed E-state index contributed by atoms with van der Waals surface area (Å²) in [6, 6.07) is -1.26. The molecule has 0 aromatic carbocycles. The molecule has 0 saturated carbocycles. The van der Waals surface area contributed by atoms with Crippen molar-refractivity contribution in [3.63, 3.8) is 0 Å². The van der Waals surface area contributed by atoms with Gasteiger partial charge in [0.1, 0.15) is 5.60 Å². The average molecular weight is 455 g/mol. The maximum Gasteiger partial charge on any atom is 0.414 e. The van der Waals surface area contributed by atoms with E-state index in [0.717, 1.165) is 12.8 Å². The van der Waals surface area contributed by atoms with Crippen LogP contribution in [-0.2, 0) is 23.8 Å². The Morgan fingerprint density at radius 2 is 1.84 bits per heavy atom. The second-order valence-corrected chi connectivity index (χ2v) is 8.59. The molecule has 0 bridgehead atoms. The van der Waals surface area contributed by atoms with Crippen molar-refractivity contribution in [2.75, 3.05) is 6.61 Å². The summed E-state index contributed by atoms with van der Waals surface area (Å²) in [5.74, 6) is -0.947. The Kier molecular flexibility index (Phi) is 10.6. The van der Waals surface area contributed by atoms with Gasteiger partial charge in [-0.05, 0) is 46.6 Å². The lowest BCUT2D eigenvalue weighted by atomic mass is 9.88. The fourth-order valence-corrected chi connectivity index (χ4v) is 3.30. The Morgan fingerprint density at radius 3 is 2.34 bits per heavy atom. The van der Waals surface area contributed by atoms with Crippen molar-refractivity contribution in [2.24, 2.45) is 10.7 Å². The van der Waals surface area contributed by atoms with Crippen LogP contribution in [0, 0.1) is 0 Å². The molecule has 2 amide bonds. The number of carbonyl (C=O) groups excluding carboxylic acids is 3. The topological polar surface area (TPSA) is 141 Å². The van der Waals surface area contributed by atoms with E-state index in [4.69, 9.17) is 19.9 Å². The summed E-state index contributed by atoms with van der Waals surface area (Å²) < 4.78 is 16.5.